The minimum atomic E-state index is -0.129. The molecule has 4 rings (SSSR count). The number of amides is 1. The third-order valence-electron chi connectivity index (χ3n) is 4.67. The van der Waals surface area contributed by atoms with E-state index in [4.69, 9.17) is 0 Å². The van der Waals surface area contributed by atoms with Gasteiger partial charge in [-0.15, -0.1) is 22.7 Å². The zero-order valence-corrected chi connectivity index (χ0v) is 16.3. The molecule has 3 aromatic rings. The highest BCUT2D eigenvalue weighted by Crippen LogP contribution is 2.33. The van der Waals surface area contributed by atoms with E-state index in [-0.39, 0.29) is 18.0 Å². The zero-order chi connectivity index (χ0) is 18.1. The highest BCUT2D eigenvalue weighted by Gasteiger charge is 2.26. The maximum atomic E-state index is 13.0. The Morgan fingerprint density at radius 2 is 2.23 bits per heavy atom. The number of hydrogen-bond donors (Lipinski definition) is 0. The number of fused-ring (bicyclic) bond motifs is 1. The van der Waals surface area contributed by atoms with Crippen LogP contribution in [0.15, 0.2) is 34.0 Å². The summed E-state index contributed by atoms with van der Waals surface area (Å²) in [7, 11) is 0. The fourth-order valence-electron chi connectivity index (χ4n) is 3.14. The number of hydrogen-bond acceptors (Lipinski definition) is 5. The molecule has 0 unspecified atom stereocenters. The van der Waals surface area contributed by atoms with Crippen LogP contribution in [0, 0.1) is 5.92 Å². The second-order valence-corrected chi connectivity index (χ2v) is 8.57. The van der Waals surface area contributed by atoms with Gasteiger partial charge in [-0.3, -0.25) is 14.2 Å². The highest BCUT2D eigenvalue weighted by atomic mass is 32.1. The molecule has 26 heavy (non-hydrogen) atoms. The monoisotopic (exact) mass is 387 g/mol. The van der Waals surface area contributed by atoms with Crippen molar-refractivity contribution < 1.29 is 4.79 Å². The van der Waals surface area contributed by atoms with Gasteiger partial charge in [-0.25, -0.2) is 4.98 Å². The normalized spacial score (nSPS) is 14.0. The number of thiophene rings is 2. The van der Waals surface area contributed by atoms with Crippen LogP contribution in [0.5, 0.6) is 0 Å². The number of carbonyl (C=O) groups excluding carboxylic acids is 1. The number of carbonyl (C=O) groups is 1. The van der Waals surface area contributed by atoms with Crippen molar-refractivity contribution in [2.45, 2.75) is 32.7 Å². The van der Waals surface area contributed by atoms with E-state index in [1.54, 1.807) is 11.3 Å². The summed E-state index contributed by atoms with van der Waals surface area (Å²) in [6.45, 7) is 3.70. The van der Waals surface area contributed by atoms with Gasteiger partial charge in [0.25, 0.3) is 5.56 Å². The molecule has 0 aromatic carbocycles. The van der Waals surface area contributed by atoms with Crippen molar-refractivity contribution in [2.75, 3.05) is 13.1 Å². The molecule has 0 N–H and O–H groups in total. The van der Waals surface area contributed by atoms with Crippen molar-refractivity contribution in [1.29, 1.82) is 0 Å². The number of rotatable bonds is 7. The van der Waals surface area contributed by atoms with E-state index in [0.29, 0.717) is 11.3 Å². The summed E-state index contributed by atoms with van der Waals surface area (Å²) in [5, 5.41) is 4.60. The van der Waals surface area contributed by atoms with Gasteiger partial charge in [-0.1, -0.05) is 13.0 Å². The van der Waals surface area contributed by atoms with Crippen LogP contribution in [-0.2, 0) is 11.3 Å². The van der Waals surface area contributed by atoms with Crippen LogP contribution >= 0.6 is 22.7 Å². The molecule has 0 atom stereocenters. The van der Waals surface area contributed by atoms with Gasteiger partial charge in [0.2, 0.25) is 5.91 Å². The van der Waals surface area contributed by atoms with Crippen LogP contribution in [0.3, 0.4) is 0 Å². The van der Waals surface area contributed by atoms with Crippen LogP contribution in [0.1, 0.15) is 26.2 Å². The molecular formula is C19H21N3O2S2. The van der Waals surface area contributed by atoms with Gasteiger partial charge in [0.15, 0.2) is 0 Å². The average Bonchev–Trinajstić information content (AvgIpc) is 3.11. The topological polar surface area (TPSA) is 55.2 Å². The quantitative estimate of drug-likeness (QED) is 0.619. The molecule has 3 aromatic heterocycles. The minimum absolute atomic E-state index is 0.00917. The standard InChI is InChI=1S/C19H21N3O2S2/c1-2-7-21(9-13-5-6-13)16(23)10-22-12-20-18-17(19(22)24)14(11-26-18)15-4-3-8-25-15/h3-4,8,11-13H,2,5-7,9-10H2,1H3. The number of aromatic nitrogens is 2. The van der Waals surface area contributed by atoms with Gasteiger partial charge in [-0.2, -0.15) is 0 Å². The number of nitrogens with zero attached hydrogens (tertiary/aromatic N) is 3. The van der Waals surface area contributed by atoms with Gasteiger partial charge in [0.05, 0.1) is 11.7 Å². The largest absolute Gasteiger partial charge is 0.341 e. The van der Waals surface area contributed by atoms with Crippen LogP contribution in [0.2, 0.25) is 0 Å². The Balaban J connectivity index is 1.64. The summed E-state index contributed by atoms with van der Waals surface area (Å²) < 4.78 is 1.46. The van der Waals surface area contributed by atoms with E-state index in [1.807, 2.05) is 27.8 Å². The average molecular weight is 388 g/mol. The molecule has 0 bridgehead atoms. The molecule has 3 heterocycles. The lowest BCUT2D eigenvalue weighted by Gasteiger charge is -2.22. The zero-order valence-electron chi connectivity index (χ0n) is 14.7. The Hall–Kier alpha value is -1.99. The van der Waals surface area contributed by atoms with Crippen LogP contribution in [-0.4, -0.2) is 33.4 Å². The molecule has 0 radical (unpaired) electrons. The van der Waals surface area contributed by atoms with Crippen LogP contribution in [0.4, 0.5) is 0 Å². The SMILES string of the molecule is CCCN(CC1CC1)C(=O)Cn1cnc2scc(-c3cccs3)c2c1=O. The summed E-state index contributed by atoms with van der Waals surface area (Å²) in [5.41, 5.74) is 0.790. The molecule has 1 aliphatic carbocycles. The summed E-state index contributed by atoms with van der Waals surface area (Å²) >= 11 is 3.08. The fraction of sp³-hybridized carbons (Fsp3) is 0.421. The lowest BCUT2D eigenvalue weighted by molar-refractivity contribution is -0.132. The van der Waals surface area contributed by atoms with E-state index in [0.717, 1.165) is 34.8 Å². The van der Waals surface area contributed by atoms with E-state index >= 15 is 0 Å². The minimum Gasteiger partial charge on any atom is -0.341 e. The Bertz CT molecular complexity index is 970. The molecule has 5 nitrogen and oxygen atoms in total. The lowest BCUT2D eigenvalue weighted by atomic mass is 10.2. The van der Waals surface area contributed by atoms with Gasteiger partial charge in [0, 0.05) is 28.9 Å². The maximum Gasteiger partial charge on any atom is 0.263 e. The predicted octanol–water partition coefficient (Wildman–Crippen LogP) is 3.84. The Morgan fingerprint density at radius 1 is 1.38 bits per heavy atom. The first kappa shape index (κ1) is 17.4. The fourth-order valence-corrected chi connectivity index (χ4v) is 4.86. The van der Waals surface area contributed by atoms with Gasteiger partial charge in [0.1, 0.15) is 11.4 Å². The molecule has 1 aliphatic rings. The molecule has 0 aliphatic heterocycles. The molecule has 1 fully saturated rings. The van der Waals surface area contributed by atoms with Crippen molar-refractivity contribution in [1.82, 2.24) is 14.5 Å². The molecule has 0 spiro atoms. The first-order valence-corrected chi connectivity index (χ1v) is 10.7. The van der Waals surface area contributed by atoms with Crippen molar-refractivity contribution in [2.24, 2.45) is 5.92 Å². The smallest absolute Gasteiger partial charge is 0.263 e. The first-order valence-electron chi connectivity index (χ1n) is 8.95. The van der Waals surface area contributed by atoms with Gasteiger partial charge < -0.3 is 4.90 Å². The molecule has 1 saturated carbocycles. The molecule has 1 amide bonds. The molecular weight excluding hydrogens is 366 g/mol. The molecule has 136 valence electrons. The third kappa shape index (κ3) is 3.46. The second-order valence-electron chi connectivity index (χ2n) is 6.77. The molecule has 0 saturated heterocycles. The Morgan fingerprint density at radius 3 is 2.92 bits per heavy atom. The van der Waals surface area contributed by atoms with Crippen molar-refractivity contribution >= 4 is 38.8 Å². The highest BCUT2D eigenvalue weighted by molar-refractivity contribution is 7.18. The van der Waals surface area contributed by atoms with Crippen LogP contribution in [0.25, 0.3) is 20.7 Å². The predicted molar refractivity (Wildman–Crippen MR) is 107 cm³/mol. The maximum absolute atomic E-state index is 13.0. The van der Waals surface area contributed by atoms with Crippen molar-refractivity contribution in [3.8, 4) is 10.4 Å². The van der Waals surface area contributed by atoms with Crippen molar-refractivity contribution in [3.05, 3.63) is 39.6 Å². The second kappa shape index (κ2) is 7.32. The van der Waals surface area contributed by atoms with Gasteiger partial charge >= 0.3 is 0 Å². The van der Waals surface area contributed by atoms with E-state index in [9.17, 15) is 9.59 Å². The summed E-state index contributed by atoms with van der Waals surface area (Å²) in [5.74, 6) is 0.653. The Kier molecular flexibility index (Phi) is 4.91. The molecule has 7 heteroatoms. The lowest BCUT2D eigenvalue weighted by Crippen LogP contribution is -2.38. The van der Waals surface area contributed by atoms with Crippen molar-refractivity contribution in [3.63, 3.8) is 0 Å². The Labute approximate surface area is 159 Å². The summed E-state index contributed by atoms with van der Waals surface area (Å²) in [4.78, 5) is 33.9. The summed E-state index contributed by atoms with van der Waals surface area (Å²) in [6, 6.07) is 3.98. The third-order valence-corrected chi connectivity index (χ3v) is 6.46. The van der Waals surface area contributed by atoms with E-state index in [2.05, 4.69) is 11.9 Å². The van der Waals surface area contributed by atoms with E-state index in [1.165, 1.54) is 35.1 Å². The van der Waals surface area contributed by atoms with Crippen LogP contribution < -0.4 is 5.56 Å². The van der Waals surface area contributed by atoms with Gasteiger partial charge in [-0.05, 0) is 36.6 Å². The first-order chi connectivity index (χ1) is 12.7. The summed E-state index contributed by atoms with van der Waals surface area (Å²) in [6.07, 6.45) is 4.86. The van der Waals surface area contributed by atoms with E-state index < -0.39 is 0 Å².